The summed E-state index contributed by atoms with van der Waals surface area (Å²) in [5.41, 5.74) is 0.313. The fourth-order valence-electron chi connectivity index (χ4n) is 3.74. The SMILES string of the molecule is CC(C1CCCCC1)N1C/C(=N\O)C2(CC2)C1=O. The van der Waals surface area contributed by atoms with E-state index in [1.165, 1.54) is 32.1 Å². The van der Waals surface area contributed by atoms with Crippen LogP contribution in [0, 0.1) is 11.3 Å². The molecule has 1 amide bonds. The van der Waals surface area contributed by atoms with Crippen LogP contribution in [0.15, 0.2) is 5.16 Å². The average Bonchev–Trinajstić information content (AvgIpc) is 3.16. The molecular formula is C14H22N2O2. The van der Waals surface area contributed by atoms with Crippen molar-refractivity contribution >= 4 is 11.6 Å². The van der Waals surface area contributed by atoms with Gasteiger partial charge in [-0.05, 0) is 38.5 Å². The van der Waals surface area contributed by atoms with E-state index < -0.39 is 5.41 Å². The lowest BCUT2D eigenvalue weighted by Crippen LogP contribution is -2.41. The minimum atomic E-state index is -0.391. The maximum Gasteiger partial charge on any atom is 0.235 e. The zero-order chi connectivity index (χ0) is 12.8. The summed E-state index contributed by atoms with van der Waals surface area (Å²) in [6, 6.07) is 0.300. The summed E-state index contributed by atoms with van der Waals surface area (Å²) in [4.78, 5) is 14.4. The third-order valence-corrected chi connectivity index (χ3v) is 5.24. The van der Waals surface area contributed by atoms with Gasteiger partial charge in [-0.3, -0.25) is 4.79 Å². The quantitative estimate of drug-likeness (QED) is 0.604. The van der Waals surface area contributed by atoms with Gasteiger partial charge in [0.15, 0.2) is 0 Å². The summed E-state index contributed by atoms with van der Waals surface area (Å²) in [6.07, 6.45) is 8.15. The van der Waals surface area contributed by atoms with Crippen LogP contribution in [0.1, 0.15) is 51.9 Å². The second kappa shape index (κ2) is 4.25. The first-order valence-corrected chi connectivity index (χ1v) is 7.21. The van der Waals surface area contributed by atoms with Crippen LogP contribution >= 0.6 is 0 Å². The fraction of sp³-hybridized carbons (Fsp3) is 0.857. The lowest BCUT2D eigenvalue weighted by molar-refractivity contribution is -0.134. The van der Waals surface area contributed by atoms with Crippen molar-refractivity contribution in [1.29, 1.82) is 0 Å². The molecule has 1 heterocycles. The smallest absolute Gasteiger partial charge is 0.235 e. The summed E-state index contributed by atoms with van der Waals surface area (Å²) in [5, 5.41) is 12.5. The lowest BCUT2D eigenvalue weighted by Gasteiger charge is -2.34. The van der Waals surface area contributed by atoms with E-state index in [4.69, 9.17) is 5.21 Å². The summed E-state index contributed by atoms with van der Waals surface area (Å²) in [6.45, 7) is 2.72. The molecule has 0 aromatic heterocycles. The molecular weight excluding hydrogens is 228 g/mol. The highest BCUT2D eigenvalue weighted by molar-refractivity contribution is 6.17. The molecule has 1 spiro atoms. The van der Waals surface area contributed by atoms with E-state index in [0.29, 0.717) is 24.2 Å². The van der Waals surface area contributed by atoms with Crippen molar-refractivity contribution in [3.8, 4) is 0 Å². The van der Waals surface area contributed by atoms with Gasteiger partial charge in [0, 0.05) is 6.04 Å². The van der Waals surface area contributed by atoms with Crippen molar-refractivity contribution in [1.82, 2.24) is 4.90 Å². The van der Waals surface area contributed by atoms with Crippen molar-refractivity contribution in [3.63, 3.8) is 0 Å². The first-order valence-electron chi connectivity index (χ1n) is 7.21. The topological polar surface area (TPSA) is 52.9 Å². The molecule has 0 radical (unpaired) electrons. The molecule has 100 valence electrons. The number of likely N-dealkylation sites (tertiary alicyclic amines) is 1. The maximum atomic E-state index is 12.5. The van der Waals surface area contributed by atoms with Gasteiger partial charge >= 0.3 is 0 Å². The Morgan fingerprint density at radius 2 is 2.00 bits per heavy atom. The standard InChI is InChI=1S/C14H22N2O2/c1-10(11-5-3-2-4-6-11)16-9-12(15-18)14(7-8-14)13(16)17/h10-11,18H,2-9H2,1H3/b15-12+. The Balaban J connectivity index is 1.75. The van der Waals surface area contributed by atoms with Gasteiger partial charge in [-0.1, -0.05) is 24.4 Å². The number of hydrogen-bond acceptors (Lipinski definition) is 3. The van der Waals surface area contributed by atoms with Crippen LogP contribution in [0.25, 0.3) is 0 Å². The zero-order valence-corrected chi connectivity index (χ0v) is 11.1. The largest absolute Gasteiger partial charge is 0.411 e. The fourth-order valence-corrected chi connectivity index (χ4v) is 3.74. The monoisotopic (exact) mass is 250 g/mol. The Morgan fingerprint density at radius 1 is 1.33 bits per heavy atom. The highest BCUT2D eigenvalue weighted by Gasteiger charge is 2.61. The molecule has 1 aliphatic heterocycles. The van der Waals surface area contributed by atoms with E-state index in [2.05, 4.69) is 12.1 Å². The number of nitrogens with zero attached hydrogens (tertiary/aromatic N) is 2. The van der Waals surface area contributed by atoms with Gasteiger partial charge in [0.05, 0.1) is 17.7 Å². The minimum Gasteiger partial charge on any atom is -0.411 e. The molecule has 18 heavy (non-hydrogen) atoms. The molecule has 0 bridgehead atoms. The first kappa shape index (κ1) is 12.0. The zero-order valence-electron chi connectivity index (χ0n) is 11.1. The van der Waals surface area contributed by atoms with Gasteiger partial charge in [-0.2, -0.15) is 0 Å². The number of amides is 1. The van der Waals surface area contributed by atoms with Crippen LogP contribution in [0.3, 0.4) is 0 Å². The van der Waals surface area contributed by atoms with Gasteiger partial charge in [0.2, 0.25) is 5.91 Å². The van der Waals surface area contributed by atoms with E-state index in [1.54, 1.807) is 0 Å². The summed E-state index contributed by atoms with van der Waals surface area (Å²) < 4.78 is 0. The summed E-state index contributed by atoms with van der Waals surface area (Å²) >= 11 is 0. The summed E-state index contributed by atoms with van der Waals surface area (Å²) in [7, 11) is 0. The Kier molecular flexibility index (Phi) is 2.83. The molecule has 1 saturated heterocycles. The molecule has 1 N–H and O–H groups in total. The first-order chi connectivity index (χ1) is 8.69. The number of carbonyl (C=O) groups is 1. The molecule has 1 atom stereocenters. The summed E-state index contributed by atoms with van der Waals surface area (Å²) in [5.74, 6) is 0.852. The van der Waals surface area contributed by atoms with Crippen LogP contribution < -0.4 is 0 Å². The van der Waals surface area contributed by atoms with Crippen LogP contribution in [0.5, 0.6) is 0 Å². The van der Waals surface area contributed by atoms with Gasteiger partial charge in [0.25, 0.3) is 0 Å². The highest BCUT2D eigenvalue weighted by atomic mass is 16.4. The van der Waals surface area contributed by atoms with Crippen molar-refractivity contribution in [2.24, 2.45) is 16.5 Å². The number of oxime groups is 1. The number of hydrogen-bond donors (Lipinski definition) is 1. The molecule has 4 heteroatoms. The Bertz CT molecular complexity index is 381. The van der Waals surface area contributed by atoms with E-state index >= 15 is 0 Å². The molecule has 1 unspecified atom stereocenters. The van der Waals surface area contributed by atoms with Crippen LogP contribution in [-0.4, -0.2) is 34.3 Å². The van der Waals surface area contributed by atoms with Crippen LogP contribution in [0.2, 0.25) is 0 Å². The molecule has 3 rings (SSSR count). The predicted octanol–water partition coefficient (Wildman–Crippen LogP) is 2.41. The van der Waals surface area contributed by atoms with Crippen molar-refractivity contribution in [3.05, 3.63) is 0 Å². The van der Waals surface area contributed by atoms with Gasteiger partial charge < -0.3 is 10.1 Å². The lowest BCUT2D eigenvalue weighted by atomic mass is 9.84. The predicted molar refractivity (Wildman–Crippen MR) is 68.6 cm³/mol. The Labute approximate surface area is 108 Å². The van der Waals surface area contributed by atoms with E-state index in [9.17, 15) is 4.79 Å². The third kappa shape index (κ3) is 1.65. The van der Waals surface area contributed by atoms with Gasteiger partial charge in [-0.15, -0.1) is 0 Å². The van der Waals surface area contributed by atoms with E-state index in [-0.39, 0.29) is 5.91 Å². The normalized spacial score (nSPS) is 31.3. The second-order valence-electron chi connectivity index (χ2n) is 6.20. The minimum absolute atomic E-state index is 0.216. The molecule has 3 aliphatic rings. The maximum absolute atomic E-state index is 12.5. The van der Waals surface area contributed by atoms with Gasteiger partial charge in [0.1, 0.15) is 0 Å². The average molecular weight is 250 g/mol. The number of rotatable bonds is 2. The molecule has 2 aliphatic carbocycles. The van der Waals surface area contributed by atoms with Gasteiger partial charge in [-0.25, -0.2) is 0 Å². The van der Waals surface area contributed by atoms with Crippen molar-refractivity contribution < 1.29 is 10.0 Å². The Morgan fingerprint density at radius 3 is 2.50 bits per heavy atom. The molecule has 2 saturated carbocycles. The van der Waals surface area contributed by atoms with Crippen LogP contribution in [-0.2, 0) is 4.79 Å². The molecule has 4 nitrogen and oxygen atoms in total. The molecule has 3 fully saturated rings. The van der Waals surface area contributed by atoms with Crippen molar-refractivity contribution in [2.75, 3.05) is 6.54 Å². The van der Waals surface area contributed by atoms with E-state index in [1.807, 2.05) is 4.90 Å². The van der Waals surface area contributed by atoms with E-state index in [0.717, 1.165) is 12.8 Å². The second-order valence-corrected chi connectivity index (χ2v) is 6.20. The third-order valence-electron chi connectivity index (χ3n) is 5.24. The highest BCUT2D eigenvalue weighted by Crippen LogP contribution is 2.53. The van der Waals surface area contributed by atoms with Crippen LogP contribution in [0.4, 0.5) is 0 Å². The molecule has 0 aromatic rings. The number of carbonyl (C=O) groups excluding carboxylic acids is 1. The Hall–Kier alpha value is -1.06. The molecule has 0 aromatic carbocycles. The van der Waals surface area contributed by atoms with Crippen molar-refractivity contribution in [2.45, 2.75) is 57.9 Å².